The quantitative estimate of drug-likeness (QED) is 0.880. The smallest absolute Gasteiger partial charge is 0.251 e. The highest BCUT2D eigenvalue weighted by Crippen LogP contribution is 2.43. The van der Waals surface area contributed by atoms with Gasteiger partial charge >= 0.3 is 0 Å². The molecule has 1 aliphatic carbocycles. The zero-order chi connectivity index (χ0) is 14.8. The fraction of sp³-hybridized carbons (Fsp3) is 0.278. The van der Waals surface area contributed by atoms with E-state index >= 15 is 0 Å². The molecule has 3 heteroatoms. The minimum atomic E-state index is 0.0482. The fourth-order valence-corrected chi connectivity index (χ4v) is 3.35. The van der Waals surface area contributed by atoms with Crippen LogP contribution in [0.3, 0.4) is 0 Å². The third-order valence-electron chi connectivity index (χ3n) is 4.05. The third-order valence-corrected chi connectivity index (χ3v) is 4.78. The third kappa shape index (κ3) is 3.03. The molecule has 0 spiro atoms. The fourth-order valence-electron chi connectivity index (χ4n) is 2.77. The maximum absolute atomic E-state index is 12.4. The van der Waals surface area contributed by atoms with Crippen molar-refractivity contribution in [2.75, 3.05) is 0 Å². The van der Waals surface area contributed by atoms with Crippen molar-refractivity contribution in [3.63, 3.8) is 0 Å². The molecule has 2 aromatic rings. The molecule has 0 saturated heterocycles. The number of halogens is 1. The summed E-state index contributed by atoms with van der Waals surface area (Å²) in [5.74, 6) is 0.477. The van der Waals surface area contributed by atoms with Crippen molar-refractivity contribution in [1.29, 1.82) is 0 Å². The van der Waals surface area contributed by atoms with E-state index in [2.05, 4.69) is 40.3 Å². The number of benzene rings is 2. The molecule has 0 radical (unpaired) electrons. The molecule has 3 rings (SSSR count). The largest absolute Gasteiger partial charge is 0.349 e. The van der Waals surface area contributed by atoms with Gasteiger partial charge in [-0.05, 0) is 36.1 Å². The molecule has 0 unspecified atom stereocenters. The Morgan fingerprint density at radius 2 is 1.90 bits per heavy atom. The van der Waals surface area contributed by atoms with Gasteiger partial charge in [-0.1, -0.05) is 59.3 Å². The van der Waals surface area contributed by atoms with Crippen molar-refractivity contribution >= 4 is 21.8 Å². The summed E-state index contributed by atoms with van der Waals surface area (Å²) in [5.41, 5.74) is 3.19. The molecule has 2 nitrogen and oxygen atoms in total. The van der Waals surface area contributed by atoms with E-state index in [-0.39, 0.29) is 11.9 Å². The van der Waals surface area contributed by atoms with Crippen molar-refractivity contribution in [3.8, 4) is 0 Å². The highest BCUT2D eigenvalue weighted by molar-refractivity contribution is 9.10. The Hall–Kier alpha value is -1.61. The molecule has 21 heavy (non-hydrogen) atoms. The van der Waals surface area contributed by atoms with Crippen LogP contribution in [0.15, 0.2) is 53.0 Å². The monoisotopic (exact) mass is 343 g/mol. The van der Waals surface area contributed by atoms with E-state index in [1.807, 2.05) is 36.4 Å². The van der Waals surface area contributed by atoms with Gasteiger partial charge in [-0.15, -0.1) is 0 Å². The highest BCUT2D eigenvalue weighted by Gasteiger charge is 2.40. The minimum Gasteiger partial charge on any atom is -0.349 e. The molecular weight excluding hydrogens is 326 g/mol. The van der Waals surface area contributed by atoms with Gasteiger partial charge in [0, 0.05) is 22.0 Å². The Morgan fingerprint density at radius 1 is 1.19 bits per heavy atom. The van der Waals surface area contributed by atoms with Gasteiger partial charge in [0.1, 0.15) is 0 Å². The molecule has 2 atom stereocenters. The number of rotatable bonds is 4. The van der Waals surface area contributed by atoms with Gasteiger partial charge in [-0.3, -0.25) is 4.79 Å². The second-order valence-corrected chi connectivity index (χ2v) is 6.31. The maximum Gasteiger partial charge on any atom is 0.251 e. The number of nitrogens with one attached hydrogen (secondary N) is 1. The van der Waals surface area contributed by atoms with Crippen LogP contribution >= 0.6 is 15.9 Å². The average Bonchev–Trinajstić information content (AvgIpc) is 3.26. The summed E-state index contributed by atoms with van der Waals surface area (Å²) in [5, 5.41) is 3.16. The van der Waals surface area contributed by atoms with Crippen LogP contribution in [-0.4, -0.2) is 11.9 Å². The van der Waals surface area contributed by atoms with Crippen LogP contribution in [-0.2, 0) is 6.42 Å². The molecule has 0 aliphatic heterocycles. The first-order valence-corrected chi connectivity index (χ1v) is 8.13. The molecule has 0 aromatic heterocycles. The summed E-state index contributed by atoms with van der Waals surface area (Å²) < 4.78 is 1.13. The lowest BCUT2D eigenvalue weighted by Crippen LogP contribution is -2.27. The second kappa shape index (κ2) is 6.02. The Morgan fingerprint density at radius 3 is 2.67 bits per heavy atom. The van der Waals surface area contributed by atoms with Gasteiger partial charge in [-0.2, -0.15) is 0 Å². The minimum absolute atomic E-state index is 0.0482. The molecule has 1 aliphatic rings. The van der Waals surface area contributed by atoms with Crippen molar-refractivity contribution in [2.45, 2.75) is 31.7 Å². The van der Waals surface area contributed by atoms with Gasteiger partial charge in [0.15, 0.2) is 0 Å². The molecule has 1 saturated carbocycles. The topological polar surface area (TPSA) is 29.1 Å². The number of hydrogen-bond donors (Lipinski definition) is 1. The predicted octanol–water partition coefficient (Wildman–Crippen LogP) is 4.30. The normalized spacial score (nSPS) is 20.1. The number of aryl methyl sites for hydroxylation is 1. The highest BCUT2D eigenvalue weighted by atomic mass is 79.9. The zero-order valence-electron chi connectivity index (χ0n) is 12.0. The molecule has 0 bridgehead atoms. The Bertz CT molecular complexity index is 668. The van der Waals surface area contributed by atoms with Gasteiger partial charge in [0.25, 0.3) is 5.91 Å². The van der Waals surface area contributed by atoms with Gasteiger partial charge in [0.2, 0.25) is 0 Å². The van der Waals surface area contributed by atoms with Crippen LogP contribution in [0.5, 0.6) is 0 Å². The summed E-state index contributed by atoms with van der Waals surface area (Å²) in [6.07, 6.45) is 1.89. The van der Waals surface area contributed by atoms with Gasteiger partial charge in [0.05, 0.1) is 0 Å². The lowest BCUT2D eigenvalue weighted by atomic mass is 10.0. The molecule has 1 amide bonds. The Balaban J connectivity index is 1.69. The van der Waals surface area contributed by atoms with Crippen LogP contribution in [0.2, 0.25) is 0 Å². The van der Waals surface area contributed by atoms with Gasteiger partial charge < -0.3 is 5.32 Å². The first kappa shape index (κ1) is 14.3. The van der Waals surface area contributed by atoms with E-state index < -0.39 is 0 Å². The van der Waals surface area contributed by atoms with Crippen molar-refractivity contribution < 1.29 is 4.79 Å². The van der Waals surface area contributed by atoms with Crippen molar-refractivity contribution in [1.82, 2.24) is 5.32 Å². The molecule has 108 valence electrons. The van der Waals surface area contributed by atoms with Crippen LogP contribution in [0.25, 0.3) is 0 Å². The van der Waals surface area contributed by atoms with Gasteiger partial charge in [-0.25, -0.2) is 0 Å². The van der Waals surface area contributed by atoms with Crippen LogP contribution in [0, 0.1) is 0 Å². The Labute approximate surface area is 133 Å². The molecule has 1 N–H and O–H groups in total. The second-order valence-electron chi connectivity index (χ2n) is 5.45. The summed E-state index contributed by atoms with van der Waals surface area (Å²) in [6, 6.07) is 16.3. The van der Waals surface area contributed by atoms with E-state index in [0.29, 0.717) is 5.92 Å². The number of amides is 1. The van der Waals surface area contributed by atoms with E-state index in [0.717, 1.165) is 28.4 Å². The van der Waals surface area contributed by atoms with E-state index in [1.54, 1.807) is 0 Å². The van der Waals surface area contributed by atoms with E-state index in [4.69, 9.17) is 0 Å². The van der Waals surface area contributed by atoms with E-state index in [1.165, 1.54) is 5.56 Å². The first-order valence-electron chi connectivity index (χ1n) is 7.34. The average molecular weight is 344 g/mol. The molecule has 2 aromatic carbocycles. The number of hydrogen-bond acceptors (Lipinski definition) is 1. The lowest BCUT2D eigenvalue weighted by Gasteiger charge is -2.09. The van der Waals surface area contributed by atoms with Crippen LogP contribution < -0.4 is 5.32 Å². The lowest BCUT2D eigenvalue weighted by molar-refractivity contribution is 0.0949. The zero-order valence-corrected chi connectivity index (χ0v) is 13.6. The molecule has 0 heterocycles. The molecular formula is C18H18BrNO. The van der Waals surface area contributed by atoms with Crippen molar-refractivity contribution in [2.24, 2.45) is 0 Å². The maximum atomic E-state index is 12.4. The standard InChI is InChI=1S/C18H18BrNO/c1-2-12-7-3-4-8-13(12)18(21)20-17-11-15(17)14-9-5-6-10-16(14)19/h3-10,15,17H,2,11H2,1H3,(H,20,21)/t15-,17+/m0/s1. The van der Waals surface area contributed by atoms with Crippen LogP contribution in [0.1, 0.15) is 40.7 Å². The number of carbonyl (C=O) groups is 1. The van der Waals surface area contributed by atoms with Crippen LogP contribution in [0.4, 0.5) is 0 Å². The summed E-state index contributed by atoms with van der Waals surface area (Å²) in [6.45, 7) is 2.08. The summed E-state index contributed by atoms with van der Waals surface area (Å²) in [7, 11) is 0. The Kier molecular flexibility index (Phi) is 4.11. The van der Waals surface area contributed by atoms with E-state index in [9.17, 15) is 4.79 Å². The number of carbonyl (C=O) groups excluding carboxylic acids is 1. The predicted molar refractivity (Wildman–Crippen MR) is 88.6 cm³/mol. The summed E-state index contributed by atoms with van der Waals surface area (Å²) >= 11 is 3.59. The molecule has 1 fully saturated rings. The van der Waals surface area contributed by atoms with Crippen molar-refractivity contribution in [3.05, 3.63) is 69.7 Å². The first-order chi connectivity index (χ1) is 10.2. The SMILES string of the molecule is CCc1ccccc1C(=O)N[C@@H]1C[C@H]1c1ccccc1Br. The summed E-state index contributed by atoms with van der Waals surface area (Å²) in [4.78, 5) is 12.4.